The Bertz CT molecular complexity index is 832. The standard InChI is InChI=1S/C19H16F4N2O2/c20-15-5-1-12(2-6-15)10-24-18(27)13-9-17(26)25(11-13)16-7-3-14(4-8-16)19(21,22)23/h1-8,13H,9-11H2,(H,24,27). The van der Waals surface area contributed by atoms with Gasteiger partial charge in [-0.3, -0.25) is 9.59 Å². The first kappa shape index (κ1) is 18.9. The molecular formula is C19H16F4N2O2. The van der Waals surface area contributed by atoms with Gasteiger partial charge in [-0.05, 0) is 42.0 Å². The summed E-state index contributed by atoms with van der Waals surface area (Å²) in [5.74, 6) is -1.63. The molecule has 27 heavy (non-hydrogen) atoms. The van der Waals surface area contributed by atoms with Gasteiger partial charge in [0, 0.05) is 25.2 Å². The Labute approximate surface area is 152 Å². The third kappa shape index (κ3) is 4.45. The lowest BCUT2D eigenvalue weighted by Gasteiger charge is -2.17. The van der Waals surface area contributed by atoms with Gasteiger partial charge in [-0.15, -0.1) is 0 Å². The summed E-state index contributed by atoms with van der Waals surface area (Å²) in [5.41, 5.74) is 0.238. The molecule has 0 aliphatic carbocycles. The fourth-order valence-corrected chi connectivity index (χ4v) is 2.90. The fraction of sp³-hybridized carbons (Fsp3) is 0.263. The number of carbonyl (C=O) groups excluding carboxylic acids is 2. The molecule has 1 saturated heterocycles. The molecule has 142 valence electrons. The van der Waals surface area contributed by atoms with E-state index < -0.39 is 17.7 Å². The summed E-state index contributed by atoms with van der Waals surface area (Å²) in [5, 5.41) is 2.69. The van der Waals surface area contributed by atoms with Crippen LogP contribution in [-0.2, 0) is 22.3 Å². The molecular weight excluding hydrogens is 364 g/mol. The van der Waals surface area contributed by atoms with Crippen LogP contribution in [0.15, 0.2) is 48.5 Å². The molecule has 3 rings (SSSR count). The summed E-state index contributed by atoms with van der Waals surface area (Å²) in [4.78, 5) is 25.8. The molecule has 1 unspecified atom stereocenters. The highest BCUT2D eigenvalue weighted by Gasteiger charge is 2.36. The minimum absolute atomic E-state index is 0.0176. The molecule has 1 aliphatic heterocycles. The molecule has 0 radical (unpaired) electrons. The van der Waals surface area contributed by atoms with E-state index in [1.807, 2.05) is 0 Å². The van der Waals surface area contributed by atoms with Crippen LogP contribution in [-0.4, -0.2) is 18.4 Å². The molecule has 0 saturated carbocycles. The predicted octanol–water partition coefficient (Wildman–Crippen LogP) is 3.51. The largest absolute Gasteiger partial charge is 0.416 e. The van der Waals surface area contributed by atoms with Gasteiger partial charge >= 0.3 is 6.18 Å². The zero-order chi connectivity index (χ0) is 19.6. The fourth-order valence-electron chi connectivity index (χ4n) is 2.90. The van der Waals surface area contributed by atoms with Crippen molar-refractivity contribution in [3.8, 4) is 0 Å². The van der Waals surface area contributed by atoms with Gasteiger partial charge in [0.25, 0.3) is 0 Å². The number of carbonyl (C=O) groups is 2. The van der Waals surface area contributed by atoms with E-state index in [-0.39, 0.29) is 37.1 Å². The molecule has 0 aromatic heterocycles. The first-order valence-electron chi connectivity index (χ1n) is 8.24. The Balaban J connectivity index is 1.61. The van der Waals surface area contributed by atoms with E-state index in [1.165, 1.54) is 29.2 Å². The van der Waals surface area contributed by atoms with Gasteiger partial charge in [0.2, 0.25) is 11.8 Å². The second-order valence-electron chi connectivity index (χ2n) is 6.29. The lowest BCUT2D eigenvalue weighted by Crippen LogP contribution is -2.32. The maximum absolute atomic E-state index is 12.9. The van der Waals surface area contributed by atoms with Crippen molar-refractivity contribution in [2.75, 3.05) is 11.4 Å². The average Bonchev–Trinajstić information content (AvgIpc) is 3.02. The van der Waals surface area contributed by atoms with Crippen molar-refractivity contribution in [1.82, 2.24) is 5.32 Å². The van der Waals surface area contributed by atoms with E-state index in [4.69, 9.17) is 0 Å². The number of anilines is 1. The number of rotatable bonds is 4. The van der Waals surface area contributed by atoms with Crippen molar-refractivity contribution in [2.45, 2.75) is 19.1 Å². The molecule has 0 bridgehead atoms. The van der Waals surface area contributed by atoms with Crippen LogP contribution in [0.5, 0.6) is 0 Å². The van der Waals surface area contributed by atoms with E-state index in [9.17, 15) is 27.2 Å². The Morgan fingerprint density at radius 3 is 2.30 bits per heavy atom. The number of benzene rings is 2. The van der Waals surface area contributed by atoms with Gasteiger partial charge in [0.15, 0.2) is 0 Å². The number of nitrogens with zero attached hydrogens (tertiary/aromatic N) is 1. The molecule has 8 heteroatoms. The Hall–Kier alpha value is -2.90. The molecule has 2 aromatic carbocycles. The Morgan fingerprint density at radius 1 is 1.07 bits per heavy atom. The average molecular weight is 380 g/mol. The number of nitrogens with one attached hydrogen (secondary N) is 1. The molecule has 1 atom stereocenters. The first-order chi connectivity index (χ1) is 12.7. The predicted molar refractivity (Wildman–Crippen MR) is 90.2 cm³/mol. The van der Waals surface area contributed by atoms with Gasteiger partial charge in [0.1, 0.15) is 5.82 Å². The molecule has 1 N–H and O–H groups in total. The number of halogens is 4. The van der Waals surface area contributed by atoms with Crippen molar-refractivity contribution in [1.29, 1.82) is 0 Å². The lowest BCUT2D eigenvalue weighted by atomic mass is 10.1. The molecule has 2 aromatic rings. The monoisotopic (exact) mass is 380 g/mol. The number of alkyl halides is 3. The number of hydrogen-bond donors (Lipinski definition) is 1. The highest BCUT2D eigenvalue weighted by molar-refractivity contribution is 6.00. The van der Waals surface area contributed by atoms with Crippen LogP contribution >= 0.6 is 0 Å². The second-order valence-corrected chi connectivity index (χ2v) is 6.29. The summed E-state index contributed by atoms with van der Waals surface area (Å²) >= 11 is 0. The van der Waals surface area contributed by atoms with Crippen molar-refractivity contribution < 1.29 is 27.2 Å². The summed E-state index contributed by atoms with van der Waals surface area (Å²) in [6.45, 7) is 0.295. The summed E-state index contributed by atoms with van der Waals surface area (Å²) in [6, 6.07) is 9.92. The quantitative estimate of drug-likeness (QED) is 0.826. The van der Waals surface area contributed by atoms with Crippen LogP contribution < -0.4 is 10.2 Å². The van der Waals surface area contributed by atoms with E-state index in [0.29, 0.717) is 11.3 Å². The zero-order valence-corrected chi connectivity index (χ0v) is 14.1. The maximum Gasteiger partial charge on any atom is 0.416 e. The minimum atomic E-state index is -4.45. The van der Waals surface area contributed by atoms with Gasteiger partial charge in [-0.25, -0.2) is 4.39 Å². The van der Waals surface area contributed by atoms with Crippen molar-refractivity contribution in [2.24, 2.45) is 5.92 Å². The zero-order valence-electron chi connectivity index (χ0n) is 14.1. The molecule has 1 fully saturated rings. The molecule has 0 spiro atoms. The highest BCUT2D eigenvalue weighted by Crippen LogP contribution is 2.32. The van der Waals surface area contributed by atoms with Crippen molar-refractivity contribution >= 4 is 17.5 Å². The summed E-state index contributed by atoms with van der Waals surface area (Å²) < 4.78 is 50.8. The van der Waals surface area contributed by atoms with Crippen LogP contribution in [0.25, 0.3) is 0 Å². The Kier molecular flexibility index (Phi) is 5.16. The number of hydrogen-bond acceptors (Lipinski definition) is 2. The topological polar surface area (TPSA) is 49.4 Å². The molecule has 4 nitrogen and oxygen atoms in total. The van der Waals surface area contributed by atoms with Crippen LogP contribution in [0.4, 0.5) is 23.2 Å². The smallest absolute Gasteiger partial charge is 0.352 e. The van der Waals surface area contributed by atoms with E-state index in [0.717, 1.165) is 12.1 Å². The SMILES string of the molecule is O=C(NCc1ccc(F)cc1)C1CC(=O)N(c2ccc(C(F)(F)F)cc2)C1. The summed E-state index contributed by atoms with van der Waals surface area (Å²) in [7, 11) is 0. The molecule has 2 amide bonds. The van der Waals surface area contributed by atoms with E-state index in [2.05, 4.69) is 5.32 Å². The minimum Gasteiger partial charge on any atom is -0.352 e. The summed E-state index contributed by atoms with van der Waals surface area (Å²) in [6.07, 6.45) is -4.47. The van der Waals surface area contributed by atoms with E-state index >= 15 is 0 Å². The van der Waals surface area contributed by atoms with Crippen LogP contribution in [0.2, 0.25) is 0 Å². The van der Waals surface area contributed by atoms with Crippen molar-refractivity contribution in [3.05, 3.63) is 65.5 Å². The molecule has 1 aliphatic rings. The van der Waals surface area contributed by atoms with Gasteiger partial charge < -0.3 is 10.2 Å². The third-order valence-corrected chi connectivity index (χ3v) is 4.38. The molecule has 1 heterocycles. The third-order valence-electron chi connectivity index (χ3n) is 4.38. The van der Waals surface area contributed by atoms with Gasteiger partial charge in [0.05, 0.1) is 11.5 Å². The van der Waals surface area contributed by atoms with Gasteiger partial charge in [-0.2, -0.15) is 13.2 Å². The lowest BCUT2D eigenvalue weighted by molar-refractivity contribution is -0.137. The van der Waals surface area contributed by atoms with Crippen molar-refractivity contribution in [3.63, 3.8) is 0 Å². The van der Waals surface area contributed by atoms with Crippen LogP contribution in [0, 0.1) is 11.7 Å². The highest BCUT2D eigenvalue weighted by atomic mass is 19.4. The van der Waals surface area contributed by atoms with Crippen LogP contribution in [0.3, 0.4) is 0 Å². The second kappa shape index (κ2) is 7.38. The number of amides is 2. The normalized spacial score (nSPS) is 17.3. The first-order valence-corrected chi connectivity index (χ1v) is 8.24. The van der Waals surface area contributed by atoms with Crippen LogP contribution in [0.1, 0.15) is 17.5 Å². The van der Waals surface area contributed by atoms with E-state index in [1.54, 1.807) is 12.1 Å². The Morgan fingerprint density at radius 2 is 1.70 bits per heavy atom. The maximum atomic E-state index is 12.9. The van der Waals surface area contributed by atoms with Gasteiger partial charge in [-0.1, -0.05) is 12.1 Å².